The Hall–Kier alpha value is -0.200. The summed E-state index contributed by atoms with van der Waals surface area (Å²) in [7, 11) is 1.67. The average molecular weight is 258 g/mol. The maximum Gasteiger partial charge on any atom is 0.0701 e. The molecule has 106 valence electrons. The van der Waals surface area contributed by atoms with Gasteiger partial charge in [-0.15, -0.1) is 0 Å². The summed E-state index contributed by atoms with van der Waals surface area (Å²) in [6.07, 6.45) is 2.67. The van der Waals surface area contributed by atoms with Crippen molar-refractivity contribution < 1.29 is 14.2 Å². The van der Waals surface area contributed by atoms with Gasteiger partial charge in [0.25, 0.3) is 0 Å². The van der Waals surface area contributed by atoms with E-state index in [1.165, 1.54) is 12.8 Å². The molecule has 1 saturated heterocycles. The van der Waals surface area contributed by atoms with E-state index >= 15 is 0 Å². The highest BCUT2D eigenvalue weighted by Crippen LogP contribution is 2.42. The Labute approximate surface area is 110 Å². The second kappa shape index (κ2) is 6.82. The molecular weight excluding hydrogens is 232 g/mol. The Morgan fingerprint density at radius 1 is 1.06 bits per heavy atom. The van der Waals surface area contributed by atoms with Crippen molar-refractivity contribution in [2.45, 2.75) is 18.4 Å². The quantitative estimate of drug-likeness (QED) is 0.563. The van der Waals surface area contributed by atoms with Gasteiger partial charge < -0.3 is 19.9 Å². The van der Waals surface area contributed by atoms with E-state index in [9.17, 15) is 0 Å². The normalized spacial score (nSPS) is 23.0. The van der Waals surface area contributed by atoms with Crippen molar-refractivity contribution in [3.8, 4) is 0 Å². The first kappa shape index (κ1) is 14.2. The molecule has 0 aromatic heterocycles. The molecule has 2 aliphatic rings. The molecule has 2 fully saturated rings. The standard InChI is InChI=1S/C13H26N2O3/c1-16-6-7-18-9-8-17-5-4-15-10-13(14,11-15)12-2-3-12/h12H,2-11,14H2,1H3. The van der Waals surface area contributed by atoms with Gasteiger partial charge >= 0.3 is 0 Å². The monoisotopic (exact) mass is 258 g/mol. The molecule has 0 radical (unpaired) electrons. The Morgan fingerprint density at radius 3 is 2.28 bits per heavy atom. The first-order chi connectivity index (χ1) is 8.74. The lowest BCUT2D eigenvalue weighted by molar-refractivity contribution is -0.00195. The second-order valence-electron chi connectivity index (χ2n) is 5.44. The van der Waals surface area contributed by atoms with Crippen molar-refractivity contribution in [2.75, 3.05) is 59.8 Å². The van der Waals surface area contributed by atoms with Gasteiger partial charge in [-0.3, -0.25) is 4.90 Å². The van der Waals surface area contributed by atoms with Gasteiger partial charge in [0.15, 0.2) is 0 Å². The third-order valence-electron chi connectivity index (χ3n) is 3.78. The topological polar surface area (TPSA) is 57.0 Å². The molecule has 0 spiro atoms. The van der Waals surface area contributed by atoms with Crippen LogP contribution in [0, 0.1) is 5.92 Å². The van der Waals surface area contributed by atoms with E-state index in [4.69, 9.17) is 19.9 Å². The number of hydrogen-bond donors (Lipinski definition) is 1. The number of hydrogen-bond acceptors (Lipinski definition) is 5. The minimum atomic E-state index is 0.128. The first-order valence-electron chi connectivity index (χ1n) is 6.90. The Balaban J connectivity index is 1.36. The molecule has 0 bridgehead atoms. The molecule has 5 heteroatoms. The molecule has 1 heterocycles. The van der Waals surface area contributed by atoms with Crippen molar-refractivity contribution in [1.29, 1.82) is 0 Å². The minimum absolute atomic E-state index is 0.128. The molecule has 18 heavy (non-hydrogen) atoms. The molecule has 0 amide bonds. The van der Waals surface area contributed by atoms with Crippen LogP contribution < -0.4 is 5.73 Å². The van der Waals surface area contributed by atoms with Crippen LogP contribution in [0.3, 0.4) is 0 Å². The number of methoxy groups -OCH3 is 1. The summed E-state index contributed by atoms with van der Waals surface area (Å²) in [4.78, 5) is 2.38. The Kier molecular flexibility index (Phi) is 5.38. The summed E-state index contributed by atoms with van der Waals surface area (Å²) in [6.45, 7) is 6.45. The molecule has 0 unspecified atom stereocenters. The van der Waals surface area contributed by atoms with E-state index in [1.54, 1.807) is 7.11 Å². The summed E-state index contributed by atoms with van der Waals surface area (Å²) < 4.78 is 15.7. The fourth-order valence-electron chi connectivity index (χ4n) is 2.52. The van der Waals surface area contributed by atoms with Crippen LogP contribution >= 0.6 is 0 Å². The predicted molar refractivity (Wildman–Crippen MR) is 69.6 cm³/mol. The molecule has 5 nitrogen and oxygen atoms in total. The van der Waals surface area contributed by atoms with Crippen LogP contribution in [0.15, 0.2) is 0 Å². The third-order valence-corrected chi connectivity index (χ3v) is 3.78. The molecule has 1 saturated carbocycles. The fraction of sp³-hybridized carbons (Fsp3) is 1.00. The zero-order valence-corrected chi connectivity index (χ0v) is 11.4. The van der Waals surface area contributed by atoms with E-state index in [-0.39, 0.29) is 5.54 Å². The lowest BCUT2D eigenvalue weighted by Gasteiger charge is -2.48. The third kappa shape index (κ3) is 4.17. The molecule has 1 aliphatic heterocycles. The molecule has 2 rings (SSSR count). The van der Waals surface area contributed by atoms with Crippen LogP contribution in [-0.4, -0.2) is 70.2 Å². The zero-order chi connectivity index (χ0) is 12.8. The minimum Gasteiger partial charge on any atom is -0.382 e. The van der Waals surface area contributed by atoms with Gasteiger partial charge in [-0.05, 0) is 18.8 Å². The largest absolute Gasteiger partial charge is 0.382 e. The average Bonchev–Trinajstić information content (AvgIpc) is 3.14. The summed E-state index contributed by atoms with van der Waals surface area (Å²) in [5.41, 5.74) is 6.41. The molecule has 0 aromatic carbocycles. The van der Waals surface area contributed by atoms with E-state index in [1.807, 2.05) is 0 Å². The molecule has 0 aromatic rings. The summed E-state index contributed by atoms with van der Waals surface area (Å²) in [5.74, 6) is 0.795. The first-order valence-corrected chi connectivity index (χ1v) is 6.90. The maximum absolute atomic E-state index is 6.28. The predicted octanol–water partition coefficient (Wildman–Crippen LogP) is 0.0891. The summed E-state index contributed by atoms with van der Waals surface area (Å²) >= 11 is 0. The van der Waals surface area contributed by atoms with Crippen LogP contribution in [0.1, 0.15) is 12.8 Å². The number of rotatable bonds is 10. The van der Waals surface area contributed by atoms with Crippen LogP contribution in [0.2, 0.25) is 0 Å². The van der Waals surface area contributed by atoms with Crippen LogP contribution in [0.5, 0.6) is 0 Å². The van der Waals surface area contributed by atoms with Crippen molar-refractivity contribution >= 4 is 0 Å². The number of ether oxygens (including phenoxy) is 3. The molecule has 1 aliphatic carbocycles. The molecular formula is C13H26N2O3. The van der Waals surface area contributed by atoms with Gasteiger partial charge in [-0.25, -0.2) is 0 Å². The smallest absolute Gasteiger partial charge is 0.0701 e. The van der Waals surface area contributed by atoms with Gasteiger partial charge in [0.2, 0.25) is 0 Å². The van der Waals surface area contributed by atoms with Crippen molar-refractivity contribution in [3.63, 3.8) is 0 Å². The number of likely N-dealkylation sites (tertiary alicyclic amines) is 1. The lowest BCUT2D eigenvalue weighted by Crippen LogP contribution is -2.68. The number of nitrogens with zero attached hydrogens (tertiary/aromatic N) is 1. The highest BCUT2D eigenvalue weighted by molar-refractivity contribution is 5.08. The van der Waals surface area contributed by atoms with Gasteiger partial charge in [-0.1, -0.05) is 0 Å². The summed E-state index contributed by atoms with van der Waals surface area (Å²) in [5, 5.41) is 0. The molecule has 2 N–H and O–H groups in total. The van der Waals surface area contributed by atoms with Crippen LogP contribution in [0.4, 0.5) is 0 Å². The zero-order valence-electron chi connectivity index (χ0n) is 11.4. The Bertz CT molecular complexity index is 240. The maximum atomic E-state index is 6.28. The number of nitrogens with two attached hydrogens (primary N) is 1. The molecule has 0 atom stereocenters. The van der Waals surface area contributed by atoms with Crippen molar-refractivity contribution in [1.82, 2.24) is 4.90 Å². The van der Waals surface area contributed by atoms with E-state index < -0.39 is 0 Å². The fourth-order valence-corrected chi connectivity index (χ4v) is 2.52. The van der Waals surface area contributed by atoms with E-state index in [0.717, 1.165) is 32.2 Å². The highest BCUT2D eigenvalue weighted by Gasteiger charge is 2.49. The van der Waals surface area contributed by atoms with Gasteiger partial charge in [0.1, 0.15) is 0 Å². The lowest BCUT2D eigenvalue weighted by atomic mass is 9.86. The van der Waals surface area contributed by atoms with E-state index in [2.05, 4.69) is 4.90 Å². The SMILES string of the molecule is COCCOCCOCCN1CC(N)(C2CC2)C1. The van der Waals surface area contributed by atoms with Crippen molar-refractivity contribution in [2.24, 2.45) is 11.7 Å². The highest BCUT2D eigenvalue weighted by atomic mass is 16.5. The van der Waals surface area contributed by atoms with Crippen LogP contribution in [0.25, 0.3) is 0 Å². The van der Waals surface area contributed by atoms with Gasteiger partial charge in [0.05, 0.1) is 33.0 Å². The van der Waals surface area contributed by atoms with Gasteiger partial charge in [0, 0.05) is 32.3 Å². The van der Waals surface area contributed by atoms with Crippen LogP contribution in [-0.2, 0) is 14.2 Å². The van der Waals surface area contributed by atoms with Crippen molar-refractivity contribution in [3.05, 3.63) is 0 Å². The Morgan fingerprint density at radius 2 is 1.67 bits per heavy atom. The van der Waals surface area contributed by atoms with Gasteiger partial charge in [-0.2, -0.15) is 0 Å². The van der Waals surface area contributed by atoms with E-state index in [0.29, 0.717) is 26.4 Å². The second-order valence-corrected chi connectivity index (χ2v) is 5.44. The summed E-state index contributed by atoms with van der Waals surface area (Å²) in [6, 6.07) is 0.